The highest BCUT2D eigenvalue weighted by molar-refractivity contribution is 6.14. The van der Waals surface area contributed by atoms with Gasteiger partial charge in [0.05, 0.1) is 6.08 Å². The second-order valence-corrected chi connectivity index (χ2v) is 3.68. The Morgan fingerprint density at radius 3 is 2.69 bits per heavy atom. The molecule has 1 saturated heterocycles. The summed E-state index contributed by atoms with van der Waals surface area (Å²) in [5, 5.41) is 8.46. The molecule has 0 aromatic carbocycles. The van der Waals surface area contributed by atoms with Crippen LogP contribution in [0.25, 0.3) is 0 Å². The molecule has 0 aliphatic carbocycles. The third kappa shape index (κ3) is 2.92. The normalized spacial score (nSPS) is 22.6. The van der Waals surface area contributed by atoms with Crippen molar-refractivity contribution in [1.82, 2.24) is 0 Å². The number of carbonyl (C=O) groups is 3. The number of allylic oxidation sites excluding steroid dienone is 1. The monoisotopic (exact) mass is 226 g/mol. The lowest BCUT2D eigenvalue weighted by Crippen LogP contribution is -2.14. The second-order valence-electron chi connectivity index (χ2n) is 3.68. The summed E-state index contributed by atoms with van der Waals surface area (Å²) < 4.78 is 4.62. The molecular weight excluding hydrogens is 212 g/mol. The van der Waals surface area contributed by atoms with E-state index < -0.39 is 23.6 Å². The van der Waals surface area contributed by atoms with Crippen molar-refractivity contribution in [2.24, 2.45) is 5.92 Å². The summed E-state index contributed by atoms with van der Waals surface area (Å²) in [7, 11) is 0. The average molecular weight is 226 g/mol. The SMILES string of the molecule is CCCCCC1C(=O)OC(=CC(=O)O)C1=O. The maximum Gasteiger partial charge on any atom is 0.332 e. The van der Waals surface area contributed by atoms with E-state index in [4.69, 9.17) is 5.11 Å². The standard InChI is InChI=1S/C11H14O5/c1-2-3-4-5-7-10(14)8(6-9(12)13)16-11(7)15/h6-7H,2-5H2,1H3,(H,12,13). The predicted octanol–water partition coefficient (Wildman–Crippen LogP) is 1.28. The van der Waals surface area contributed by atoms with E-state index in [0.717, 1.165) is 19.3 Å². The number of carboxylic acids is 1. The van der Waals surface area contributed by atoms with Crippen molar-refractivity contribution in [3.63, 3.8) is 0 Å². The van der Waals surface area contributed by atoms with Gasteiger partial charge in [-0.2, -0.15) is 0 Å². The van der Waals surface area contributed by atoms with Gasteiger partial charge in [0.1, 0.15) is 5.92 Å². The second kappa shape index (κ2) is 5.44. The first kappa shape index (κ1) is 12.4. The first-order valence-corrected chi connectivity index (χ1v) is 5.26. The van der Waals surface area contributed by atoms with Gasteiger partial charge in [-0.25, -0.2) is 4.79 Å². The number of hydrogen-bond acceptors (Lipinski definition) is 4. The highest BCUT2D eigenvalue weighted by Crippen LogP contribution is 2.25. The number of cyclic esters (lactones) is 1. The van der Waals surface area contributed by atoms with Gasteiger partial charge >= 0.3 is 11.9 Å². The fourth-order valence-corrected chi connectivity index (χ4v) is 1.57. The fourth-order valence-electron chi connectivity index (χ4n) is 1.57. The lowest BCUT2D eigenvalue weighted by molar-refractivity contribution is -0.139. The Labute approximate surface area is 93.1 Å². The van der Waals surface area contributed by atoms with Crippen LogP contribution >= 0.6 is 0 Å². The molecule has 0 saturated carbocycles. The Morgan fingerprint density at radius 2 is 2.12 bits per heavy atom. The number of esters is 1. The van der Waals surface area contributed by atoms with Gasteiger partial charge in [0, 0.05) is 0 Å². The highest BCUT2D eigenvalue weighted by Gasteiger charge is 2.39. The van der Waals surface area contributed by atoms with E-state index in [9.17, 15) is 14.4 Å². The van der Waals surface area contributed by atoms with Gasteiger partial charge in [0.2, 0.25) is 5.78 Å². The molecule has 0 aromatic rings. The number of carbonyl (C=O) groups excluding carboxylic acids is 2. The molecule has 88 valence electrons. The zero-order valence-corrected chi connectivity index (χ0v) is 9.06. The number of unbranched alkanes of at least 4 members (excludes halogenated alkanes) is 2. The van der Waals surface area contributed by atoms with Crippen LogP contribution in [0.15, 0.2) is 11.8 Å². The van der Waals surface area contributed by atoms with Crippen LogP contribution in [0.2, 0.25) is 0 Å². The molecule has 1 unspecified atom stereocenters. The van der Waals surface area contributed by atoms with Crippen LogP contribution in [0, 0.1) is 5.92 Å². The Kier molecular flexibility index (Phi) is 4.22. The third-order valence-electron chi connectivity index (χ3n) is 2.41. The maximum atomic E-state index is 11.6. The van der Waals surface area contributed by atoms with Crippen LogP contribution < -0.4 is 0 Å². The number of ketones is 1. The molecule has 16 heavy (non-hydrogen) atoms. The number of ether oxygens (including phenoxy) is 1. The topological polar surface area (TPSA) is 80.7 Å². The first-order valence-electron chi connectivity index (χ1n) is 5.26. The van der Waals surface area contributed by atoms with Gasteiger partial charge in [-0.1, -0.05) is 26.2 Å². The average Bonchev–Trinajstić information content (AvgIpc) is 2.45. The Morgan fingerprint density at radius 1 is 1.44 bits per heavy atom. The molecule has 0 aromatic heterocycles. The lowest BCUT2D eigenvalue weighted by Gasteiger charge is -2.01. The van der Waals surface area contributed by atoms with Crippen LogP contribution in [-0.2, 0) is 19.1 Å². The molecule has 0 radical (unpaired) electrons. The van der Waals surface area contributed by atoms with Crippen LogP contribution in [0.5, 0.6) is 0 Å². The smallest absolute Gasteiger partial charge is 0.332 e. The van der Waals surface area contributed by atoms with Crippen molar-refractivity contribution in [1.29, 1.82) is 0 Å². The van der Waals surface area contributed by atoms with Gasteiger partial charge in [0.25, 0.3) is 0 Å². The van der Waals surface area contributed by atoms with E-state index in [1.54, 1.807) is 0 Å². The maximum absolute atomic E-state index is 11.6. The van der Waals surface area contributed by atoms with Crippen LogP contribution in [0.4, 0.5) is 0 Å². The molecule has 5 nitrogen and oxygen atoms in total. The molecular formula is C11H14O5. The Hall–Kier alpha value is -1.65. The Bertz CT molecular complexity index is 342. The van der Waals surface area contributed by atoms with Crippen molar-refractivity contribution in [3.8, 4) is 0 Å². The summed E-state index contributed by atoms with van der Waals surface area (Å²) in [6, 6.07) is 0. The molecule has 0 amide bonds. The van der Waals surface area contributed by atoms with Crippen molar-refractivity contribution in [3.05, 3.63) is 11.8 Å². The third-order valence-corrected chi connectivity index (χ3v) is 2.41. The summed E-state index contributed by atoms with van der Waals surface area (Å²) >= 11 is 0. The van der Waals surface area contributed by atoms with Gasteiger partial charge in [-0.05, 0) is 6.42 Å². The molecule has 1 fully saturated rings. The Balaban J connectivity index is 2.64. The van der Waals surface area contributed by atoms with Gasteiger partial charge < -0.3 is 9.84 Å². The molecule has 1 atom stereocenters. The van der Waals surface area contributed by atoms with E-state index in [0.29, 0.717) is 12.5 Å². The van der Waals surface area contributed by atoms with Gasteiger partial charge in [-0.3, -0.25) is 9.59 Å². The molecule has 1 rings (SSSR count). The van der Waals surface area contributed by atoms with Crippen LogP contribution in [0.3, 0.4) is 0 Å². The minimum atomic E-state index is -1.29. The minimum absolute atomic E-state index is 0.348. The lowest BCUT2D eigenvalue weighted by atomic mass is 9.98. The zero-order valence-electron chi connectivity index (χ0n) is 9.06. The molecule has 1 heterocycles. The van der Waals surface area contributed by atoms with Crippen molar-refractivity contribution >= 4 is 17.7 Å². The largest absolute Gasteiger partial charge is 0.478 e. The van der Waals surface area contributed by atoms with Crippen molar-refractivity contribution in [2.45, 2.75) is 32.6 Å². The van der Waals surface area contributed by atoms with Crippen LogP contribution in [-0.4, -0.2) is 22.8 Å². The summed E-state index contributed by atoms with van der Waals surface area (Å²) in [5.41, 5.74) is 0. The molecule has 1 aliphatic rings. The van der Waals surface area contributed by atoms with Crippen molar-refractivity contribution < 1.29 is 24.2 Å². The molecule has 5 heteroatoms. The van der Waals surface area contributed by atoms with Gasteiger partial charge in [0.15, 0.2) is 5.76 Å². The van der Waals surface area contributed by atoms with E-state index in [2.05, 4.69) is 4.74 Å². The minimum Gasteiger partial charge on any atom is -0.478 e. The van der Waals surface area contributed by atoms with E-state index >= 15 is 0 Å². The molecule has 1 N–H and O–H groups in total. The summed E-state index contributed by atoms with van der Waals surface area (Å²) in [6.45, 7) is 2.02. The van der Waals surface area contributed by atoms with E-state index in [1.165, 1.54) is 0 Å². The van der Waals surface area contributed by atoms with Crippen molar-refractivity contribution in [2.75, 3.05) is 0 Å². The first-order chi connectivity index (χ1) is 7.56. The highest BCUT2D eigenvalue weighted by atomic mass is 16.6. The number of aliphatic carboxylic acids is 1. The zero-order chi connectivity index (χ0) is 12.1. The summed E-state index contributed by atoms with van der Waals surface area (Å²) in [4.78, 5) is 33.2. The molecule has 0 spiro atoms. The molecule has 1 aliphatic heterocycles. The summed E-state index contributed by atoms with van der Waals surface area (Å²) in [5.74, 6) is -3.58. The predicted molar refractivity (Wildman–Crippen MR) is 54.4 cm³/mol. The number of carboxylic acid groups (broad SMARTS) is 1. The van der Waals surface area contributed by atoms with Gasteiger partial charge in [-0.15, -0.1) is 0 Å². The molecule has 0 bridgehead atoms. The van der Waals surface area contributed by atoms with E-state index in [1.807, 2.05) is 6.92 Å². The van der Waals surface area contributed by atoms with E-state index in [-0.39, 0.29) is 5.76 Å². The number of Topliss-reactive ketones (excluding diaryl/α,β-unsaturated/α-hetero) is 1. The number of rotatable bonds is 5. The quantitative estimate of drug-likeness (QED) is 0.330. The number of hydrogen-bond donors (Lipinski definition) is 1. The summed E-state index contributed by atoms with van der Waals surface area (Å²) in [6.07, 6.45) is 3.77. The van der Waals surface area contributed by atoms with Crippen LogP contribution in [0.1, 0.15) is 32.6 Å². The fraction of sp³-hybridized carbons (Fsp3) is 0.545.